The fourth-order valence-electron chi connectivity index (χ4n) is 2.18. The fraction of sp³-hybridized carbons (Fsp3) is 0.263. The Kier molecular flexibility index (Phi) is 7.34. The van der Waals surface area contributed by atoms with Gasteiger partial charge in [0.1, 0.15) is 5.75 Å². The van der Waals surface area contributed by atoms with E-state index in [9.17, 15) is 14.7 Å². The summed E-state index contributed by atoms with van der Waals surface area (Å²) in [7, 11) is 0. The minimum Gasteiger partial charge on any atom is -0.549 e. The smallest absolute Gasteiger partial charge is 0.164 e. The van der Waals surface area contributed by atoms with Gasteiger partial charge in [0.15, 0.2) is 5.78 Å². The zero-order valence-corrected chi connectivity index (χ0v) is 15.3. The average Bonchev–Trinajstić information content (AvgIpc) is 2.60. The molecule has 0 saturated heterocycles. The Morgan fingerprint density at radius 3 is 2.32 bits per heavy atom. The van der Waals surface area contributed by atoms with Gasteiger partial charge in [-0.25, -0.2) is 0 Å². The molecule has 1 atom stereocenters. The number of benzene rings is 2. The van der Waals surface area contributed by atoms with Crippen LogP contribution in [-0.4, -0.2) is 23.6 Å². The molecule has 0 fully saturated rings. The summed E-state index contributed by atoms with van der Waals surface area (Å²) < 4.78 is 5.33. The number of ketones is 1. The Morgan fingerprint density at radius 2 is 1.76 bits per heavy atom. The number of Topliss-reactive ketones (excluding diaryl/α,β-unsaturated/α-hetero) is 1. The Bertz CT molecular complexity index is 713. The van der Waals surface area contributed by atoms with E-state index in [2.05, 4.69) is 0 Å². The van der Waals surface area contributed by atoms with Crippen molar-refractivity contribution >= 4 is 35.1 Å². The number of thioether (sulfide) groups is 1. The van der Waals surface area contributed by atoms with Gasteiger partial charge < -0.3 is 14.6 Å². The molecule has 0 heterocycles. The molecular weight excluding hydrogens is 360 g/mol. The number of aliphatic carboxylic acids is 1. The summed E-state index contributed by atoms with van der Waals surface area (Å²) in [6.07, 6.45) is -0.116. The second-order valence-electron chi connectivity index (χ2n) is 5.33. The molecule has 0 aromatic heterocycles. The number of rotatable bonds is 9. The molecule has 0 unspecified atom stereocenters. The maximum absolute atomic E-state index is 12.3. The van der Waals surface area contributed by atoms with Crippen molar-refractivity contribution in [2.75, 3.05) is 6.61 Å². The van der Waals surface area contributed by atoms with E-state index in [1.807, 2.05) is 19.1 Å². The highest BCUT2D eigenvalue weighted by Crippen LogP contribution is 2.23. The summed E-state index contributed by atoms with van der Waals surface area (Å²) >= 11 is 7.00. The molecule has 2 aromatic rings. The van der Waals surface area contributed by atoms with E-state index in [-0.39, 0.29) is 12.2 Å². The van der Waals surface area contributed by atoms with Crippen LogP contribution in [0.4, 0.5) is 0 Å². The van der Waals surface area contributed by atoms with Crippen molar-refractivity contribution in [2.45, 2.75) is 24.3 Å². The monoisotopic (exact) mass is 377 g/mol. The van der Waals surface area contributed by atoms with Crippen molar-refractivity contribution in [3.8, 4) is 5.75 Å². The molecule has 2 aromatic carbocycles. The molecule has 0 amide bonds. The lowest BCUT2D eigenvalue weighted by Crippen LogP contribution is -2.35. The Balaban J connectivity index is 1.96. The summed E-state index contributed by atoms with van der Waals surface area (Å²) in [5, 5.41) is 11.1. The average molecular weight is 378 g/mol. The van der Waals surface area contributed by atoms with Crippen LogP contribution in [0, 0.1) is 0 Å². The quantitative estimate of drug-likeness (QED) is 0.627. The zero-order chi connectivity index (χ0) is 18.2. The summed E-state index contributed by atoms with van der Waals surface area (Å²) in [6, 6.07) is 13.8. The van der Waals surface area contributed by atoms with E-state index in [1.165, 1.54) is 11.8 Å². The molecule has 6 heteroatoms. The van der Waals surface area contributed by atoms with Crippen molar-refractivity contribution < 1.29 is 19.4 Å². The van der Waals surface area contributed by atoms with Crippen molar-refractivity contribution in [3.05, 3.63) is 64.7 Å². The molecule has 0 aliphatic carbocycles. The van der Waals surface area contributed by atoms with Gasteiger partial charge in [-0.3, -0.25) is 4.79 Å². The van der Waals surface area contributed by atoms with Crippen LogP contribution in [0.2, 0.25) is 5.02 Å². The zero-order valence-electron chi connectivity index (χ0n) is 13.7. The largest absolute Gasteiger partial charge is 0.549 e. The molecule has 0 bridgehead atoms. The van der Waals surface area contributed by atoms with E-state index >= 15 is 0 Å². The van der Waals surface area contributed by atoms with Crippen LogP contribution >= 0.6 is 23.4 Å². The van der Waals surface area contributed by atoms with Crippen molar-refractivity contribution in [1.29, 1.82) is 0 Å². The minimum absolute atomic E-state index is 0.116. The van der Waals surface area contributed by atoms with E-state index in [0.29, 0.717) is 28.7 Å². The minimum atomic E-state index is -1.24. The van der Waals surface area contributed by atoms with Gasteiger partial charge in [0.2, 0.25) is 0 Å². The topological polar surface area (TPSA) is 66.4 Å². The van der Waals surface area contributed by atoms with E-state index in [1.54, 1.807) is 36.4 Å². The van der Waals surface area contributed by atoms with Gasteiger partial charge in [-0.15, -0.1) is 11.8 Å². The molecule has 0 aliphatic heterocycles. The number of halogens is 1. The molecule has 4 nitrogen and oxygen atoms in total. The highest BCUT2D eigenvalue weighted by molar-refractivity contribution is 7.99. The number of carboxylic acid groups (broad SMARTS) is 1. The van der Waals surface area contributed by atoms with Crippen LogP contribution in [-0.2, 0) is 10.5 Å². The number of ether oxygens (including phenoxy) is 1. The van der Waals surface area contributed by atoms with Crippen molar-refractivity contribution in [2.24, 2.45) is 0 Å². The predicted molar refractivity (Wildman–Crippen MR) is 98.1 cm³/mol. The molecule has 0 spiro atoms. The van der Waals surface area contributed by atoms with Gasteiger partial charge in [0, 0.05) is 22.8 Å². The number of carboxylic acids is 1. The third kappa shape index (κ3) is 6.11. The van der Waals surface area contributed by atoms with Crippen LogP contribution in [0.25, 0.3) is 0 Å². The summed E-state index contributed by atoms with van der Waals surface area (Å²) in [5.74, 6) is -0.335. The fourth-order valence-corrected chi connectivity index (χ4v) is 3.30. The standard InChI is InChI=1S/C19H19ClO4S/c1-2-24-16-9-5-14(6-10-16)17(21)11-18(19(22)23)25-12-13-3-7-15(20)8-4-13/h3-10,18H,2,11-12H2,1H3,(H,22,23)/p-1/t18-/m0/s1. The van der Waals surface area contributed by atoms with Crippen LogP contribution in [0.5, 0.6) is 5.75 Å². The van der Waals surface area contributed by atoms with Crippen LogP contribution in [0.15, 0.2) is 48.5 Å². The van der Waals surface area contributed by atoms with Crippen molar-refractivity contribution in [3.63, 3.8) is 0 Å². The molecule has 0 aliphatic rings. The van der Waals surface area contributed by atoms with Crippen LogP contribution < -0.4 is 9.84 Å². The SMILES string of the molecule is CCOc1ccc(C(=O)C[C@H](SCc2ccc(Cl)cc2)C(=O)[O-])cc1. The third-order valence-electron chi connectivity index (χ3n) is 3.49. The second kappa shape index (κ2) is 9.49. The third-order valence-corrected chi connectivity index (χ3v) is 5.00. The number of carbonyl (C=O) groups is 2. The van der Waals surface area contributed by atoms with E-state index in [4.69, 9.17) is 16.3 Å². The lowest BCUT2D eigenvalue weighted by molar-refractivity contribution is -0.304. The van der Waals surface area contributed by atoms with Crippen LogP contribution in [0.3, 0.4) is 0 Å². The second-order valence-corrected chi connectivity index (χ2v) is 6.96. The van der Waals surface area contributed by atoms with Gasteiger partial charge in [-0.1, -0.05) is 23.7 Å². The molecule has 0 N–H and O–H groups in total. The van der Waals surface area contributed by atoms with Gasteiger partial charge in [-0.05, 0) is 48.9 Å². The molecule has 0 saturated carbocycles. The first-order chi connectivity index (χ1) is 12.0. The molecule has 0 radical (unpaired) electrons. The van der Waals surface area contributed by atoms with E-state index < -0.39 is 11.2 Å². The Labute approximate surface area is 156 Å². The first-order valence-electron chi connectivity index (χ1n) is 7.82. The highest BCUT2D eigenvalue weighted by Gasteiger charge is 2.17. The maximum Gasteiger partial charge on any atom is 0.164 e. The van der Waals surface area contributed by atoms with Crippen molar-refractivity contribution in [1.82, 2.24) is 0 Å². The first kappa shape index (κ1) is 19.3. The molecular formula is C19H18ClO4S-. The summed E-state index contributed by atoms with van der Waals surface area (Å²) in [5.41, 5.74) is 1.40. The van der Waals surface area contributed by atoms with Gasteiger partial charge in [0.05, 0.1) is 17.8 Å². The summed E-state index contributed by atoms with van der Waals surface area (Å²) in [4.78, 5) is 23.7. The maximum atomic E-state index is 12.3. The Morgan fingerprint density at radius 1 is 1.12 bits per heavy atom. The molecule has 132 valence electrons. The predicted octanol–water partition coefficient (Wildman–Crippen LogP) is 3.36. The van der Waals surface area contributed by atoms with E-state index in [0.717, 1.165) is 5.56 Å². The number of hydrogen-bond acceptors (Lipinski definition) is 5. The molecule has 2 rings (SSSR count). The van der Waals surface area contributed by atoms with Gasteiger partial charge >= 0.3 is 0 Å². The Hall–Kier alpha value is -1.98. The normalized spacial score (nSPS) is 11.8. The number of hydrogen-bond donors (Lipinski definition) is 0. The van der Waals surface area contributed by atoms with Crippen LogP contribution in [0.1, 0.15) is 29.3 Å². The summed E-state index contributed by atoms with van der Waals surface area (Å²) in [6.45, 7) is 2.42. The first-order valence-corrected chi connectivity index (χ1v) is 9.25. The highest BCUT2D eigenvalue weighted by atomic mass is 35.5. The lowest BCUT2D eigenvalue weighted by atomic mass is 10.1. The molecule has 25 heavy (non-hydrogen) atoms. The number of carbonyl (C=O) groups excluding carboxylic acids is 2. The van der Waals surface area contributed by atoms with Gasteiger partial charge in [-0.2, -0.15) is 0 Å². The lowest BCUT2D eigenvalue weighted by Gasteiger charge is -2.17. The van der Waals surface area contributed by atoms with Gasteiger partial charge in [0.25, 0.3) is 0 Å².